The number of hydrogen-bond acceptors (Lipinski definition) is 5. The maximum absolute atomic E-state index is 5.86. The van der Waals surface area contributed by atoms with E-state index >= 15 is 0 Å². The fourth-order valence-electron chi connectivity index (χ4n) is 1.79. The van der Waals surface area contributed by atoms with Crippen molar-refractivity contribution in [1.29, 1.82) is 0 Å². The lowest BCUT2D eigenvalue weighted by molar-refractivity contribution is 0.00578. The molecule has 0 aromatic carbocycles. The summed E-state index contributed by atoms with van der Waals surface area (Å²) in [6.07, 6.45) is 3.47. The fourth-order valence-corrected chi connectivity index (χ4v) is 1.79. The van der Waals surface area contributed by atoms with Gasteiger partial charge < -0.3 is 20.8 Å². The van der Waals surface area contributed by atoms with E-state index in [1.54, 1.807) is 12.3 Å². The standard InChI is InChI=1S/C13H20BN3O2/c1-12(2)13(3,4)19-14(18-12)6-5-9-8-17-11(16)7-10(9)15/h5-8H,1-4H3,(H4,15,16,17)/b6-5+. The Morgan fingerprint density at radius 2 is 1.74 bits per heavy atom. The van der Waals surface area contributed by atoms with Crippen molar-refractivity contribution in [3.8, 4) is 0 Å². The van der Waals surface area contributed by atoms with Gasteiger partial charge in [-0.2, -0.15) is 0 Å². The predicted molar refractivity (Wildman–Crippen MR) is 78.2 cm³/mol. The lowest BCUT2D eigenvalue weighted by Crippen LogP contribution is -2.41. The smallest absolute Gasteiger partial charge is 0.400 e. The maximum Gasteiger partial charge on any atom is 0.487 e. The summed E-state index contributed by atoms with van der Waals surface area (Å²) < 4.78 is 11.7. The number of nitrogens with zero attached hydrogens (tertiary/aromatic N) is 1. The Labute approximate surface area is 114 Å². The van der Waals surface area contributed by atoms with E-state index in [2.05, 4.69) is 4.98 Å². The molecule has 0 aliphatic carbocycles. The molecule has 0 spiro atoms. The monoisotopic (exact) mass is 261 g/mol. The quantitative estimate of drug-likeness (QED) is 0.794. The zero-order valence-corrected chi connectivity index (χ0v) is 11.8. The highest BCUT2D eigenvalue weighted by Gasteiger charge is 2.49. The summed E-state index contributed by atoms with van der Waals surface area (Å²) in [5.74, 6) is 2.24. The van der Waals surface area contributed by atoms with Crippen LogP contribution in [0.5, 0.6) is 0 Å². The average molecular weight is 261 g/mol. The Morgan fingerprint density at radius 1 is 1.16 bits per heavy atom. The normalized spacial score (nSPS) is 21.2. The highest BCUT2D eigenvalue weighted by Crippen LogP contribution is 2.37. The first kappa shape index (κ1) is 13.9. The van der Waals surface area contributed by atoms with E-state index in [0.717, 1.165) is 5.56 Å². The number of anilines is 2. The predicted octanol–water partition coefficient (Wildman–Crippen LogP) is 1.89. The van der Waals surface area contributed by atoms with Gasteiger partial charge in [0.05, 0.1) is 11.2 Å². The second-order valence-corrected chi connectivity index (χ2v) is 5.72. The number of rotatable bonds is 2. The average Bonchev–Trinajstić information content (AvgIpc) is 2.46. The Bertz CT molecular complexity index is 499. The Morgan fingerprint density at radius 3 is 2.26 bits per heavy atom. The molecule has 6 heteroatoms. The van der Waals surface area contributed by atoms with Gasteiger partial charge in [-0.15, -0.1) is 0 Å². The molecule has 1 aromatic heterocycles. The molecule has 1 saturated heterocycles. The van der Waals surface area contributed by atoms with Crippen molar-refractivity contribution in [2.24, 2.45) is 0 Å². The summed E-state index contributed by atoms with van der Waals surface area (Å²) >= 11 is 0. The van der Waals surface area contributed by atoms with E-state index in [1.165, 1.54) is 0 Å². The van der Waals surface area contributed by atoms with E-state index in [1.807, 2.05) is 39.7 Å². The van der Waals surface area contributed by atoms with E-state index in [4.69, 9.17) is 20.8 Å². The second kappa shape index (κ2) is 4.54. The van der Waals surface area contributed by atoms with Gasteiger partial charge in [0.15, 0.2) is 0 Å². The van der Waals surface area contributed by atoms with Crippen LogP contribution in [-0.4, -0.2) is 23.3 Å². The van der Waals surface area contributed by atoms with Gasteiger partial charge in [0.1, 0.15) is 5.82 Å². The molecule has 19 heavy (non-hydrogen) atoms. The van der Waals surface area contributed by atoms with Gasteiger partial charge in [0.25, 0.3) is 0 Å². The van der Waals surface area contributed by atoms with Gasteiger partial charge >= 0.3 is 7.12 Å². The molecule has 2 heterocycles. The molecule has 0 saturated carbocycles. The van der Waals surface area contributed by atoms with Gasteiger partial charge in [-0.1, -0.05) is 12.1 Å². The summed E-state index contributed by atoms with van der Waals surface area (Å²) in [5.41, 5.74) is 12.1. The van der Waals surface area contributed by atoms with E-state index < -0.39 is 0 Å². The van der Waals surface area contributed by atoms with Crippen LogP contribution in [0.2, 0.25) is 0 Å². The van der Waals surface area contributed by atoms with Crippen molar-refractivity contribution >= 4 is 24.7 Å². The number of nitrogen functional groups attached to an aromatic ring is 2. The van der Waals surface area contributed by atoms with Crippen LogP contribution in [0.25, 0.3) is 6.08 Å². The Balaban J connectivity index is 2.13. The van der Waals surface area contributed by atoms with E-state index in [9.17, 15) is 0 Å². The third kappa shape index (κ3) is 2.74. The number of nitrogens with two attached hydrogens (primary N) is 2. The molecule has 0 radical (unpaired) electrons. The maximum atomic E-state index is 5.86. The van der Waals surface area contributed by atoms with Crippen molar-refractivity contribution in [1.82, 2.24) is 4.98 Å². The number of pyridine rings is 1. The fraction of sp³-hybridized carbons (Fsp3) is 0.462. The van der Waals surface area contributed by atoms with Gasteiger partial charge in [0.2, 0.25) is 0 Å². The van der Waals surface area contributed by atoms with Gasteiger partial charge in [-0.3, -0.25) is 0 Å². The third-order valence-corrected chi connectivity index (χ3v) is 3.69. The molecular weight excluding hydrogens is 241 g/mol. The highest BCUT2D eigenvalue weighted by atomic mass is 16.7. The zero-order chi connectivity index (χ0) is 14.3. The molecule has 1 aromatic rings. The highest BCUT2D eigenvalue weighted by molar-refractivity contribution is 6.52. The Kier molecular flexibility index (Phi) is 3.32. The molecule has 102 valence electrons. The first-order valence-corrected chi connectivity index (χ1v) is 6.26. The van der Waals surface area contributed by atoms with Crippen LogP contribution in [-0.2, 0) is 9.31 Å². The molecule has 2 rings (SSSR count). The lowest BCUT2D eigenvalue weighted by atomic mass is 9.89. The zero-order valence-electron chi connectivity index (χ0n) is 11.8. The van der Waals surface area contributed by atoms with E-state index in [0.29, 0.717) is 11.5 Å². The van der Waals surface area contributed by atoms with Crippen LogP contribution in [0.1, 0.15) is 33.3 Å². The minimum absolute atomic E-state index is 0.340. The van der Waals surface area contributed by atoms with Gasteiger partial charge in [-0.25, -0.2) is 4.98 Å². The molecule has 1 aliphatic rings. The minimum atomic E-state index is -0.387. The third-order valence-electron chi connectivity index (χ3n) is 3.69. The molecule has 4 N–H and O–H groups in total. The SMILES string of the molecule is CC1(C)OB(/C=C/c2cnc(N)cc2N)OC1(C)C. The first-order chi connectivity index (χ1) is 8.71. The molecule has 0 bridgehead atoms. The van der Waals surface area contributed by atoms with E-state index in [-0.39, 0.29) is 18.3 Å². The van der Waals surface area contributed by atoms with Crippen LogP contribution in [0, 0.1) is 0 Å². The van der Waals surface area contributed by atoms with Crippen molar-refractivity contribution in [3.63, 3.8) is 0 Å². The summed E-state index contributed by atoms with van der Waals surface area (Å²) in [4.78, 5) is 4.01. The minimum Gasteiger partial charge on any atom is -0.400 e. The molecule has 0 unspecified atom stereocenters. The van der Waals surface area contributed by atoms with Crippen molar-refractivity contribution in [2.75, 3.05) is 11.5 Å². The number of hydrogen-bond donors (Lipinski definition) is 2. The molecule has 0 amide bonds. The van der Waals surface area contributed by atoms with Crippen LogP contribution < -0.4 is 11.5 Å². The largest absolute Gasteiger partial charge is 0.487 e. The Hall–Kier alpha value is -1.53. The van der Waals surface area contributed by atoms with Crippen molar-refractivity contribution < 1.29 is 9.31 Å². The van der Waals surface area contributed by atoms with Crippen LogP contribution >= 0.6 is 0 Å². The van der Waals surface area contributed by atoms with Gasteiger partial charge in [0, 0.05) is 23.5 Å². The lowest BCUT2D eigenvalue weighted by Gasteiger charge is -2.32. The second-order valence-electron chi connectivity index (χ2n) is 5.72. The summed E-state index contributed by atoms with van der Waals surface area (Å²) in [5, 5.41) is 0. The van der Waals surface area contributed by atoms with Crippen LogP contribution in [0.15, 0.2) is 18.2 Å². The van der Waals surface area contributed by atoms with Crippen molar-refractivity contribution in [3.05, 3.63) is 23.8 Å². The molecule has 0 atom stereocenters. The molecular formula is C13H20BN3O2. The van der Waals surface area contributed by atoms with Crippen LogP contribution in [0.4, 0.5) is 11.5 Å². The van der Waals surface area contributed by atoms with Crippen LogP contribution in [0.3, 0.4) is 0 Å². The van der Waals surface area contributed by atoms with Gasteiger partial charge in [-0.05, 0) is 27.7 Å². The number of aromatic nitrogens is 1. The summed E-state index contributed by atoms with van der Waals surface area (Å²) in [6.45, 7) is 8.06. The van der Waals surface area contributed by atoms with Crippen molar-refractivity contribution in [2.45, 2.75) is 38.9 Å². The summed E-state index contributed by atoms with van der Waals surface area (Å²) in [7, 11) is -0.387. The summed E-state index contributed by atoms with van der Waals surface area (Å²) in [6, 6.07) is 1.63. The topological polar surface area (TPSA) is 83.4 Å². The molecule has 1 aliphatic heterocycles. The first-order valence-electron chi connectivity index (χ1n) is 6.26. The molecule has 1 fully saturated rings. The molecule has 5 nitrogen and oxygen atoms in total.